The number of rotatable bonds is 5. The van der Waals surface area contributed by atoms with Gasteiger partial charge in [-0.1, -0.05) is 48.5 Å². The number of nitrogens with one attached hydrogen (secondary N) is 1. The summed E-state index contributed by atoms with van der Waals surface area (Å²) >= 11 is 0. The summed E-state index contributed by atoms with van der Waals surface area (Å²) in [6.45, 7) is 3.27. The molecular formula is C22H24N2O2. The summed E-state index contributed by atoms with van der Waals surface area (Å²) in [7, 11) is 0. The average Bonchev–Trinajstić information content (AvgIpc) is 3.42. The molecule has 5 rings (SSSR count). The zero-order chi connectivity index (χ0) is 17.5. The first-order valence-electron chi connectivity index (χ1n) is 9.63. The quantitative estimate of drug-likeness (QED) is 0.897. The molecule has 1 heterocycles. The fraction of sp³-hybridized carbons (Fsp3) is 0.409. The number of benzene rings is 2. The van der Waals surface area contributed by atoms with Crippen molar-refractivity contribution in [2.24, 2.45) is 5.92 Å². The van der Waals surface area contributed by atoms with E-state index in [2.05, 4.69) is 53.8 Å². The summed E-state index contributed by atoms with van der Waals surface area (Å²) < 4.78 is 5.84. The highest BCUT2D eigenvalue weighted by atomic mass is 16.6. The minimum absolute atomic E-state index is 0.137. The Balaban J connectivity index is 1.32. The standard InChI is InChI=1S/C22H24N2O2/c25-22(24(16-9-10-16)13-15-11-23-12-15)26-14-21-19-7-3-1-5-17(19)18-6-2-4-8-20(18)21/h1-8,15-16,21,23H,9-14H2. The third kappa shape index (κ3) is 2.78. The van der Waals surface area contributed by atoms with Crippen molar-refractivity contribution in [3.05, 3.63) is 59.7 Å². The maximum absolute atomic E-state index is 12.8. The molecule has 4 nitrogen and oxygen atoms in total. The monoisotopic (exact) mass is 348 g/mol. The number of hydrogen-bond acceptors (Lipinski definition) is 3. The molecule has 0 radical (unpaired) electrons. The van der Waals surface area contributed by atoms with Crippen LogP contribution in [0.1, 0.15) is 29.9 Å². The van der Waals surface area contributed by atoms with Crippen molar-refractivity contribution < 1.29 is 9.53 Å². The molecule has 2 fully saturated rings. The molecular weight excluding hydrogens is 324 g/mol. The number of hydrogen-bond donors (Lipinski definition) is 1. The maximum Gasteiger partial charge on any atom is 0.410 e. The van der Waals surface area contributed by atoms with Crippen molar-refractivity contribution >= 4 is 6.09 Å². The molecule has 1 saturated heterocycles. The van der Waals surface area contributed by atoms with Gasteiger partial charge in [0, 0.05) is 37.5 Å². The van der Waals surface area contributed by atoms with E-state index in [4.69, 9.17) is 4.74 Å². The van der Waals surface area contributed by atoms with Crippen LogP contribution in [0.4, 0.5) is 4.79 Å². The molecule has 2 aromatic rings. The lowest BCUT2D eigenvalue weighted by Crippen LogP contribution is -2.50. The van der Waals surface area contributed by atoms with E-state index >= 15 is 0 Å². The lowest BCUT2D eigenvalue weighted by Gasteiger charge is -2.33. The van der Waals surface area contributed by atoms with Gasteiger partial charge in [0.05, 0.1) is 0 Å². The molecule has 0 spiro atoms. The van der Waals surface area contributed by atoms with Crippen LogP contribution in [0.5, 0.6) is 0 Å². The summed E-state index contributed by atoms with van der Waals surface area (Å²) in [5.41, 5.74) is 5.07. The highest BCUT2D eigenvalue weighted by Crippen LogP contribution is 2.44. The van der Waals surface area contributed by atoms with Crippen LogP contribution >= 0.6 is 0 Å². The van der Waals surface area contributed by atoms with Crippen LogP contribution in [0.25, 0.3) is 11.1 Å². The first kappa shape index (κ1) is 15.9. The minimum atomic E-state index is -0.138. The molecule has 4 heteroatoms. The predicted molar refractivity (Wildman–Crippen MR) is 101 cm³/mol. The number of carbonyl (C=O) groups excluding carboxylic acids is 1. The Morgan fingerprint density at radius 2 is 1.62 bits per heavy atom. The highest BCUT2D eigenvalue weighted by molar-refractivity contribution is 5.79. The van der Waals surface area contributed by atoms with E-state index in [1.54, 1.807) is 0 Å². The van der Waals surface area contributed by atoms with Gasteiger partial charge in [-0.05, 0) is 35.1 Å². The number of carbonyl (C=O) groups is 1. The lowest BCUT2D eigenvalue weighted by atomic mass is 9.98. The fourth-order valence-corrected chi connectivity index (χ4v) is 4.19. The molecule has 1 saturated carbocycles. The first-order valence-corrected chi connectivity index (χ1v) is 9.63. The van der Waals surface area contributed by atoms with Gasteiger partial charge in [0.1, 0.15) is 6.61 Å². The summed E-state index contributed by atoms with van der Waals surface area (Å²) in [6, 6.07) is 17.3. The van der Waals surface area contributed by atoms with Crippen LogP contribution in [0.3, 0.4) is 0 Å². The Kier molecular flexibility index (Phi) is 3.93. The van der Waals surface area contributed by atoms with Gasteiger partial charge in [-0.2, -0.15) is 0 Å². The second kappa shape index (κ2) is 6.44. The van der Waals surface area contributed by atoms with Crippen LogP contribution in [-0.4, -0.2) is 43.3 Å². The van der Waals surface area contributed by atoms with Crippen LogP contribution in [0, 0.1) is 5.92 Å². The van der Waals surface area contributed by atoms with E-state index in [-0.39, 0.29) is 12.0 Å². The number of fused-ring (bicyclic) bond motifs is 3. The van der Waals surface area contributed by atoms with Gasteiger partial charge in [-0.15, -0.1) is 0 Å². The molecule has 26 heavy (non-hydrogen) atoms. The van der Waals surface area contributed by atoms with Gasteiger partial charge in [0.2, 0.25) is 0 Å². The van der Waals surface area contributed by atoms with Gasteiger partial charge in [0.15, 0.2) is 0 Å². The zero-order valence-electron chi connectivity index (χ0n) is 14.9. The number of amides is 1. The van der Waals surface area contributed by atoms with Crippen molar-refractivity contribution in [2.45, 2.75) is 24.8 Å². The molecule has 1 N–H and O–H groups in total. The zero-order valence-corrected chi connectivity index (χ0v) is 14.9. The molecule has 1 amide bonds. The normalized spacial score (nSPS) is 18.8. The Labute approximate surface area is 154 Å². The Morgan fingerprint density at radius 3 is 2.15 bits per heavy atom. The van der Waals surface area contributed by atoms with E-state index < -0.39 is 0 Å². The van der Waals surface area contributed by atoms with Crippen LogP contribution in [0.15, 0.2) is 48.5 Å². The molecule has 0 bridgehead atoms. The maximum atomic E-state index is 12.8. The third-order valence-electron chi connectivity index (χ3n) is 5.88. The fourth-order valence-electron chi connectivity index (χ4n) is 4.19. The summed E-state index contributed by atoms with van der Waals surface area (Å²) in [6.07, 6.45) is 2.09. The Bertz CT molecular complexity index is 781. The molecule has 1 aliphatic heterocycles. The predicted octanol–water partition coefficient (Wildman–Crippen LogP) is 3.62. The third-order valence-corrected chi connectivity index (χ3v) is 5.88. The topological polar surface area (TPSA) is 41.6 Å². The van der Waals surface area contributed by atoms with Crippen LogP contribution in [-0.2, 0) is 4.74 Å². The van der Waals surface area contributed by atoms with Gasteiger partial charge in [-0.3, -0.25) is 0 Å². The largest absolute Gasteiger partial charge is 0.448 e. The van der Waals surface area contributed by atoms with Gasteiger partial charge < -0.3 is 15.0 Å². The second-order valence-corrected chi connectivity index (χ2v) is 7.71. The average molecular weight is 348 g/mol. The first-order chi connectivity index (χ1) is 12.8. The summed E-state index contributed by atoms with van der Waals surface area (Å²) in [5, 5.41) is 3.28. The molecule has 2 aromatic carbocycles. The molecule has 2 aliphatic carbocycles. The van der Waals surface area contributed by atoms with Crippen molar-refractivity contribution in [2.75, 3.05) is 26.2 Å². The van der Waals surface area contributed by atoms with Crippen LogP contribution in [0.2, 0.25) is 0 Å². The second-order valence-electron chi connectivity index (χ2n) is 7.71. The van der Waals surface area contributed by atoms with Crippen molar-refractivity contribution in [3.63, 3.8) is 0 Å². The molecule has 3 aliphatic rings. The molecule has 0 unspecified atom stereocenters. The van der Waals surface area contributed by atoms with Gasteiger partial charge in [-0.25, -0.2) is 4.79 Å². The van der Waals surface area contributed by atoms with Crippen molar-refractivity contribution in [1.29, 1.82) is 0 Å². The Hall–Kier alpha value is -2.33. The van der Waals surface area contributed by atoms with E-state index in [1.165, 1.54) is 22.3 Å². The van der Waals surface area contributed by atoms with E-state index in [1.807, 2.05) is 4.90 Å². The molecule has 0 atom stereocenters. The van der Waals surface area contributed by atoms with E-state index in [0.29, 0.717) is 18.6 Å². The SMILES string of the molecule is O=C(OCC1c2ccccc2-c2ccccc21)N(CC1CNC1)C1CC1. The van der Waals surface area contributed by atoms with Gasteiger partial charge in [0.25, 0.3) is 0 Å². The summed E-state index contributed by atoms with van der Waals surface area (Å²) in [4.78, 5) is 14.7. The van der Waals surface area contributed by atoms with E-state index in [9.17, 15) is 4.79 Å². The summed E-state index contributed by atoms with van der Waals surface area (Å²) in [5.74, 6) is 0.717. The van der Waals surface area contributed by atoms with E-state index in [0.717, 1.165) is 32.5 Å². The van der Waals surface area contributed by atoms with Crippen molar-refractivity contribution in [3.8, 4) is 11.1 Å². The van der Waals surface area contributed by atoms with Crippen molar-refractivity contribution in [1.82, 2.24) is 10.2 Å². The smallest absolute Gasteiger partial charge is 0.410 e. The molecule has 0 aromatic heterocycles. The van der Waals surface area contributed by atoms with Crippen LogP contribution < -0.4 is 5.32 Å². The minimum Gasteiger partial charge on any atom is -0.448 e. The highest BCUT2D eigenvalue weighted by Gasteiger charge is 2.37. The lowest BCUT2D eigenvalue weighted by molar-refractivity contribution is 0.0861. The Morgan fingerprint density at radius 1 is 1.00 bits per heavy atom. The number of nitrogens with zero attached hydrogens (tertiary/aromatic N) is 1. The number of ether oxygens (including phenoxy) is 1. The molecule has 134 valence electrons. The van der Waals surface area contributed by atoms with Gasteiger partial charge >= 0.3 is 6.09 Å².